The number of methoxy groups -OCH3 is 3. The maximum atomic E-state index is 13.8. The number of piperidine rings is 1. The number of nitrogens with one attached hydrogen (secondary N) is 1. The van der Waals surface area contributed by atoms with Crippen molar-refractivity contribution in [3.8, 4) is 11.5 Å². The largest absolute Gasteiger partial charge is 0.497 e. The van der Waals surface area contributed by atoms with Crippen LogP contribution < -0.4 is 14.8 Å². The first-order valence-electron chi connectivity index (χ1n) is 12.2. The van der Waals surface area contributed by atoms with Gasteiger partial charge < -0.3 is 29.2 Å². The second kappa shape index (κ2) is 11.6. The Bertz CT molecular complexity index is 1110. The van der Waals surface area contributed by atoms with Crippen LogP contribution in [-0.4, -0.2) is 93.5 Å². The van der Waals surface area contributed by atoms with Gasteiger partial charge in [0.2, 0.25) is 5.91 Å². The lowest BCUT2D eigenvalue weighted by molar-refractivity contribution is -0.128. The number of hydrogen-bond donors (Lipinski definition) is 1. The number of rotatable bonds is 8. The van der Waals surface area contributed by atoms with Gasteiger partial charge in [-0.25, -0.2) is 0 Å². The van der Waals surface area contributed by atoms with E-state index in [1.54, 1.807) is 79.7 Å². The monoisotopic (exact) mass is 511 g/mol. The molecule has 2 fully saturated rings. The van der Waals surface area contributed by atoms with Crippen molar-refractivity contribution in [2.45, 2.75) is 24.6 Å². The van der Waals surface area contributed by atoms with Crippen molar-refractivity contribution in [1.29, 1.82) is 0 Å². The number of nitrogens with zero attached hydrogens (tertiary/aromatic N) is 2. The van der Waals surface area contributed by atoms with E-state index in [4.69, 9.17) is 18.9 Å². The molecule has 2 aromatic carbocycles. The molecule has 2 aliphatic rings. The molecule has 2 heterocycles. The fourth-order valence-corrected chi connectivity index (χ4v) is 4.83. The number of hydrogen-bond acceptors (Lipinski definition) is 7. The molecule has 1 spiro atoms. The summed E-state index contributed by atoms with van der Waals surface area (Å²) in [5, 5.41) is 2.83. The van der Waals surface area contributed by atoms with Gasteiger partial charge in [0.05, 0.1) is 27.4 Å². The third kappa shape index (κ3) is 5.55. The van der Waals surface area contributed by atoms with Crippen LogP contribution in [0.25, 0.3) is 0 Å². The minimum atomic E-state index is -0.995. The second-order valence-electron chi connectivity index (χ2n) is 8.98. The van der Waals surface area contributed by atoms with Gasteiger partial charge in [0.1, 0.15) is 23.3 Å². The zero-order valence-electron chi connectivity index (χ0n) is 21.4. The summed E-state index contributed by atoms with van der Waals surface area (Å²) < 4.78 is 21.7. The minimum Gasteiger partial charge on any atom is -0.497 e. The molecule has 0 saturated carbocycles. The highest BCUT2D eigenvalue weighted by Gasteiger charge is 2.54. The zero-order chi connectivity index (χ0) is 26.4. The first-order chi connectivity index (χ1) is 17.9. The van der Waals surface area contributed by atoms with Gasteiger partial charge in [-0.3, -0.25) is 19.3 Å². The Morgan fingerprint density at radius 2 is 1.65 bits per heavy atom. The highest BCUT2D eigenvalue weighted by molar-refractivity contribution is 5.99. The van der Waals surface area contributed by atoms with E-state index >= 15 is 0 Å². The van der Waals surface area contributed by atoms with Gasteiger partial charge in [-0.05, 0) is 42.5 Å². The summed E-state index contributed by atoms with van der Waals surface area (Å²) in [7, 11) is 4.67. The lowest BCUT2D eigenvalue weighted by Crippen LogP contribution is -2.60. The molecule has 10 nitrogen and oxygen atoms in total. The van der Waals surface area contributed by atoms with Crippen LogP contribution in [-0.2, 0) is 14.3 Å². The van der Waals surface area contributed by atoms with Gasteiger partial charge in [-0.2, -0.15) is 0 Å². The Kier molecular flexibility index (Phi) is 8.30. The van der Waals surface area contributed by atoms with Gasteiger partial charge in [-0.1, -0.05) is 6.07 Å². The van der Waals surface area contributed by atoms with Gasteiger partial charge in [0.25, 0.3) is 11.8 Å². The van der Waals surface area contributed by atoms with Crippen molar-refractivity contribution < 1.29 is 33.3 Å². The topological polar surface area (TPSA) is 107 Å². The molecule has 0 radical (unpaired) electrons. The molecule has 2 aromatic rings. The Morgan fingerprint density at radius 1 is 0.946 bits per heavy atom. The molecule has 1 unspecified atom stereocenters. The second-order valence-corrected chi connectivity index (χ2v) is 8.98. The SMILES string of the molecule is COCCNC(=O)C1COC2(CCN(C(=O)c3cccc(OC)c3)CC2)N1C(=O)c1ccc(OC)cc1. The summed E-state index contributed by atoms with van der Waals surface area (Å²) in [6.07, 6.45) is 0.763. The van der Waals surface area contributed by atoms with Crippen molar-refractivity contribution in [2.24, 2.45) is 0 Å². The molecule has 198 valence electrons. The number of likely N-dealkylation sites (tertiary alicyclic amines) is 1. The molecular weight excluding hydrogens is 478 g/mol. The van der Waals surface area contributed by atoms with Crippen LogP contribution in [0.5, 0.6) is 11.5 Å². The van der Waals surface area contributed by atoms with E-state index in [0.717, 1.165) is 0 Å². The molecule has 4 rings (SSSR count). The predicted octanol–water partition coefficient (Wildman–Crippen LogP) is 1.94. The predicted molar refractivity (Wildman–Crippen MR) is 135 cm³/mol. The normalized spacial score (nSPS) is 18.5. The van der Waals surface area contributed by atoms with Gasteiger partial charge in [0.15, 0.2) is 0 Å². The van der Waals surface area contributed by atoms with Gasteiger partial charge in [0, 0.05) is 50.7 Å². The van der Waals surface area contributed by atoms with Gasteiger partial charge in [-0.15, -0.1) is 0 Å². The summed E-state index contributed by atoms with van der Waals surface area (Å²) in [6, 6.07) is 13.0. The molecule has 3 amide bonds. The molecule has 0 bridgehead atoms. The summed E-state index contributed by atoms with van der Waals surface area (Å²) in [5.41, 5.74) is -0.0368. The van der Waals surface area contributed by atoms with Crippen molar-refractivity contribution >= 4 is 17.7 Å². The molecule has 0 aliphatic carbocycles. The molecule has 37 heavy (non-hydrogen) atoms. The highest BCUT2D eigenvalue weighted by Crippen LogP contribution is 2.39. The van der Waals surface area contributed by atoms with Crippen LogP contribution >= 0.6 is 0 Å². The summed E-state index contributed by atoms with van der Waals surface area (Å²) in [6.45, 7) is 1.51. The molecule has 0 aromatic heterocycles. The van der Waals surface area contributed by atoms with E-state index in [2.05, 4.69) is 5.32 Å². The van der Waals surface area contributed by atoms with Crippen LogP contribution in [0, 0.1) is 0 Å². The highest BCUT2D eigenvalue weighted by atomic mass is 16.5. The Morgan fingerprint density at radius 3 is 2.30 bits per heavy atom. The fourth-order valence-electron chi connectivity index (χ4n) is 4.83. The molecule has 2 aliphatic heterocycles. The summed E-state index contributed by atoms with van der Waals surface area (Å²) >= 11 is 0. The van der Waals surface area contributed by atoms with E-state index in [-0.39, 0.29) is 24.3 Å². The zero-order valence-corrected chi connectivity index (χ0v) is 21.4. The molecule has 1 atom stereocenters. The maximum Gasteiger partial charge on any atom is 0.256 e. The Labute approximate surface area is 216 Å². The van der Waals surface area contributed by atoms with Crippen molar-refractivity contribution in [3.05, 3.63) is 59.7 Å². The van der Waals surface area contributed by atoms with Crippen LogP contribution in [0.4, 0.5) is 0 Å². The van der Waals surface area contributed by atoms with Crippen LogP contribution in [0.3, 0.4) is 0 Å². The number of ether oxygens (including phenoxy) is 4. The third-order valence-corrected chi connectivity index (χ3v) is 6.87. The van der Waals surface area contributed by atoms with E-state index < -0.39 is 11.8 Å². The first-order valence-corrected chi connectivity index (χ1v) is 12.2. The van der Waals surface area contributed by atoms with Gasteiger partial charge >= 0.3 is 0 Å². The third-order valence-electron chi connectivity index (χ3n) is 6.87. The smallest absolute Gasteiger partial charge is 0.256 e. The Balaban J connectivity index is 1.55. The lowest BCUT2D eigenvalue weighted by Gasteiger charge is -2.44. The van der Waals surface area contributed by atoms with Crippen LogP contribution in [0.15, 0.2) is 48.5 Å². The Hall–Kier alpha value is -3.63. The first kappa shape index (κ1) is 26.4. The average Bonchev–Trinajstić information content (AvgIpc) is 3.31. The quantitative estimate of drug-likeness (QED) is 0.540. The fraction of sp³-hybridized carbons (Fsp3) is 0.444. The number of benzene rings is 2. The minimum absolute atomic E-state index is 0.0739. The van der Waals surface area contributed by atoms with E-state index in [0.29, 0.717) is 61.7 Å². The molecular formula is C27H33N3O7. The summed E-state index contributed by atoms with van der Waals surface area (Å²) in [4.78, 5) is 43.3. The van der Waals surface area contributed by atoms with E-state index in [1.165, 1.54) is 0 Å². The number of carbonyl (C=O) groups is 3. The van der Waals surface area contributed by atoms with E-state index in [9.17, 15) is 14.4 Å². The number of amides is 3. The molecule has 2 saturated heterocycles. The average molecular weight is 512 g/mol. The lowest BCUT2D eigenvalue weighted by atomic mass is 9.96. The standard InChI is InChI=1S/C27H33N3O7/c1-34-16-13-28-24(31)23-18-37-27(30(23)26(33)19-7-9-21(35-2)10-8-19)11-14-29(15-12-27)25(32)20-5-4-6-22(17-20)36-3/h4-10,17,23H,11-16,18H2,1-3H3,(H,28,31). The van der Waals surface area contributed by atoms with Crippen molar-refractivity contribution in [2.75, 3.05) is 54.2 Å². The van der Waals surface area contributed by atoms with Crippen LogP contribution in [0.1, 0.15) is 33.6 Å². The van der Waals surface area contributed by atoms with E-state index in [1.807, 2.05) is 0 Å². The molecule has 10 heteroatoms. The molecule has 1 N–H and O–H groups in total. The van der Waals surface area contributed by atoms with Crippen molar-refractivity contribution in [1.82, 2.24) is 15.1 Å². The van der Waals surface area contributed by atoms with Crippen molar-refractivity contribution in [3.63, 3.8) is 0 Å². The number of carbonyl (C=O) groups excluding carboxylic acids is 3. The maximum absolute atomic E-state index is 13.8. The van der Waals surface area contributed by atoms with Crippen LogP contribution in [0.2, 0.25) is 0 Å². The summed E-state index contributed by atoms with van der Waals surface area (Å²) in [5.74, 6) is 0.512.